The number of aromatic nitrogens is 2. The molecule has 1 heterocycles. The number of imidazole rings is 1. The first-order valence-corrected chi connectivity index (χ1v) is 8.82. The van der Waals surface area contributed by atoms with Gasteiger partial charge in [-0.1, -0.05) is 22.0 Å². The van der Waals surface area contributed by atoms with E-state index in [1.807, 2.05) is 28.8 Å². The summed E-state index contributed by atoms with van der Waals surface area (Å²) in [7, 11) is -3.29. The van der Waals surface area contributed by atoms with E-state index in [4.69, 9.17) is 0 Å². The zero-order valence-electron chi connectivity index (χ0n) is 11.1. The Morgan fingerprint density at radius 3 is 2.76 bits per heavy atom. The van der Waals surface area contributed by atoms with Crippen LogP contribution in [0.2, 0.25) is 0 Å². The van der Waals surface area contributed by atoms with Gasteiger partial charge in [0.05, 0.1) is 23.0 Å². The van der Waals surface area contributed by atoms with Crippen molar-refractivity contribution in [1.29, 1.82) is 0 Å². The molecule has 3 aromatic rings. The van der Waals surface area contributed by atoms with E-state index in [0.717, 1.165) is 27.4 Å². The fourth-order valence-electron chi connectivity index (χ4n) is 2.12. The Kier molecular flexibility index (Phi) is 3.46. The molecule has 0 aliphatic carbocycles. The summed E-state index contributed by atoms with van der Waals surface area (Å²) in [5, 5.41) is 0. The summed E-state index contributed by atoms with van der Waals surface area (Å²) in [5.41, 5.74) is 3.18. The smallest absolute Gasteiger partial charge is 0.229 e. The third-order valence-electron chi connectivity index (χ3n) is 2.94. The van der Waals surface area contributed by atoms with Gasteiger partial charge in [0.1, 0.15) is 6.33 Å². The van der Waals surface area contributed by atoms with Crippen molar-refractivity contribution in [1.82, 2.24) is 9.55 Å². The highest BCUT2D eigenvalue weighted by Crippen LogP contribution is 2.23. The Morgan fingerprint density at radius 2 is 2.00 bits per heavy atom. The highest BCUT2D eigenvalue weighted by Gasteiger charge is 2.07. The zero-order valence-corrected chi connectivity index (χ0v) is 13.5. The molecule has 5 nitrogen and oxygen atoms in total. The highest BCUT2D eigenvalue weighted by molar-refractivity contribution is 9.10. The van der Waals surface area contributed by atoms with Gasteiger partial charge in [0, 0.05) is 10.2 Å². The number of benzene rings is 2. The summed E-state index contributed by atoms with van der Waals surface area (Å²) < 4.78 is 28.0. The number of anilines is 1. The standard InChI is InChI=1S/C14H12BrN3O2S/c1-21(19,20)17-11-3-2-4-12(8-11)18-9-16-13-6-5-10(15)7-14(13)18/h2-9,17H,1H3. The third kappa shape index (κ3) is 3.08. The quantitative estimate of drug-likeness (QED) is 0.775. The van der Waals surface area contributed by atoms with Gasteiger partial charge in [0.25, 0.3) is 0 Å². The van der Waals surface area contributed by atoms with Crippen LogP contribution >= 0.6 is 15.9 Å². The van der Waals surface area contributed by atoms with E-state index >= 15 is 0 Å². The molecule has 0 radical (unpaired) electrons. The molecular weight excluding hydrogens is 354 g/mol. The topological polar surface area (TPSA) is 64.0 Å². The Bertz CT molecular complexity index is 919. The van der Waals surface area contributed by atoms with Crippen molar-refractivity contribution in [2.75, 3.05) is 11.0 Å². The molecule has 0 amide bonds. The summed E-state index contributed by atoms with van der Waals surface area (Å²) in [6.07, 6.45) is 2.85. The first kappa shape index (κ1) is 14.1. The van der Waals surface area contributed by atoms with Gasteiger partial charge in [0.15, 0.2) is 0 Å². The predicted octanol–water partition coefficient (Wildman–Crippen LogP) is 3.16. The van der Waals surface area contributed by atoms with Gasteiger partial charge < -0.3 is 0 Å². The maximum absolute atomic E-state index is 11.3. The third-order valence-corrected chi connectivity index (χ3v) is 4.04. The van der Waals surface area contributed by atoms with Crippen LogP contribution in [0.4, 0.5) is 5.69 Å². The highest BCUT2D eigenvalue weighted by atomic mass is 79.9. The van der Waals surface area contributed by atoms with Crippen LogP contribution in [0.3, 0.4) is 0 Å². The lowest BCUT2D eigenvalue weighted by Gasteiger charge is -2.08. The maximum atomic E-state index is 11.3. The number of sulfonamides is 1. The van der Waals surface area contributed by atoms with Crippen LogP contribution in [0, 0.1) is 0 Å². The Morgan fingerprint density at radius 1 is 1.19 bits per heavy atom. The molecule has 0 aliphatic heterocycles. The second kappa shape index (κ2) is 5.16. The summed E-state index contributed by atoms with van der Waals surface area (Å²) >= 11 is 3.45. The van der Waals surface area contributed by atoms with Gasteiger partial charge in [0.2, 0.25) is 10.0 Å². The number of fused-ring (bicyclic) bond motifs is 1. The summed E-state index contributed by atoms with van der Waals surface area (Å²) in [6, 6.07) is 13.0. The molecule has 0 unspecified atom stereocenters. The van der Waals surface area contributed by atoms with E-state index in [1.165, 1.54) is 0 Å². The van der Waals surface area contributed by atoms with Crippen LogP contribution in [0.1, 0.15) is 0 Å². The van der Waals surface area contributed by atoms with E-state index in [1.54, 1.807) is 24.5 Å². The van der Waals surface area contributed by atoms with Crippen LogP contribution in [0.15, 0.2) is 53.3 Å². The molecule has 108 valence electrons. The summed E-state index contributed by atoms with van der Waals surface area (Å²) in [4.78, 5) is 4.34. The SMILES string of the molecule is CS(=O)(=O)Nc1cccc(-n2cnc3ccc(Br)cc32)c1. The summed E-state index contributed by atoms with van der Waals surface area (Å²) in [6.45, 7) is 0. The van der Waals surface area contributed by atoms with Gasteiger partial charge in [-0.05, 0) is 36.4 Å². The molecule has 0 atom stereocenters. The number of rotatable bonds is 3. The van der Waals surface area contributed by atoms with Crippen LogP contribution in [0.25, 0.3) is 16.7 Å². The van der Waals surface area contributed by atoms with Crippen LogP contribution in [0.5, 0.6) is 0 Å². The molecule has 2 aromatic carbocycles. The maximum Gasteiger partial charge on any atom is 0.229 e. The minimum Gasteiger partial charge on any atom is -0.299 e. The van der Waals surface area contributed by atoms with E-state index < -0.39 is 10.0 Å². The first-order chi connectivity index (χ1) is 9.92. The molecular formula is C14H12BrN3O2S. The molecule has 0 saturated carbocycles. The fraction of sp³-hybridized carbons (Fsp3) is 0.0714. The monoisotopic (exact) mass is 365 g/mol. The second-order valence-electron chi connectivity index (χ2n) is 4.67. The van der Waals surface area contributed by atoms with Gasteiger partial charge in [-0.2, -0.15) is 0 Å². The zero-order chi connectivity index (χ0) is 15.0. The Hall–Kier alpha value is -1.86. The molecule has 0 fully saturated rings. The van der Waals surface area contributed by atoms with Crippen molar-refractivity contribution < 1.29 is 8.42 Å². The predicted molar refractivity (Wildman–Crippen MR) is 87.2 cm³/mol. The number of halogens is 1. The van der Waals surface area contributed by atoms with Gasteiger partial charge in [-0.3, -0.25) is 9.29 Å². The molecule has 21 heavy (non-hydrogen) atoms. The minimum atomic E-state index is -3.29. The van der Waals surface area contributed by atoms with Gasteiger partial charge >= 0.3 is 0 Å². The summed E-state index contributed by atoms with van der Waals surface area (Å²) in [5.74, 6) is 0. The molecule has 7 heteroatoms. The number of nitrogens with one attached hydrogen (secondary N) is 1. The molecule has 1 N–H and O–H groups in total. The molecule has 0 saturated heterocycles. The van der Waals surface area contributed by atoms with Crippen molar-refractivity contribution >= 4 is 42.7 Å². The molecule has 3 rings (SSSR count). The lowest BCUT2D eigenvalue weighted by Crippen LogP contribution is -2.09. The lowest BCUT2D eigenvalue weighted by atomic mass is 10.2. The molecule has 0 spiro atoms. The van der Waals surface area contributed by atoms with Gasteiger partial charge in [-0.25, -0.2) is 13.4 Å². The number of hydrogen-bond acceptors (Lipinski definition) is 3. The van der Waals surface area contributed by atoms with E-state index in [0.29, 0.717) is 5.69 Å². The minimum absolute atomic E-state index is 0.520. The van der Waals surface area contributed by atoms with E-state index in [-0.39, 0.29) is 0 Å². The Balaban J connectivity index is 2.10. The van der Waals surface area contributed by atoms with Crippen molar-refractivity contribution in [3.63, 3.8) is 0 Å². The van der Waals surface area contributed by atoms with Crippen molar-refractivity contribution in [3.8, 4) is 5.69 Å². The first-order valence-electron chi connectivity index (χ1n) is 6.13. The Labute approximate surface area is 130 Å². The second-order valence-corrected chi connectivity index (χ2v) is 7.34. The normalized spacial score (nSPS) is 11.7. The number of hydrogen-bond donors (Lipinski definition) is 1. The lowest BCUT2D eigenvalue weighted by molar-refractivity contribution is 0.607. The molecule has 0 aliphatic rings. The van der Waals surface area contributed by atoms with Crippen LogP contribution < -0.4 is 4.72 Å². The van der Waals surface area contributed by atoms with Crippen LogP contribution in [-0.4, -0.2) is 24.2 Å². The fourth-order valence-corrected chi connectivity index (χ4v) is 3.02. The van der Waals surface area contributed by atoms with Crippen molar-refractivity contribution in [2.45, 2.75) is 0 Å². The molecule has 0 bridgehead atoms. The average Bonchev–Trinajstić information content (AvgIpc) is 2.80. The molecule has 1 aromatic heterocycles. The van der Waals surface area contributed by atoms with Crippen molar-refractivity contribution in [2.24, 2.45) is 0 Å². The van der Waals surface area contributed by atoms with E-state index in [2.05, 4.69) is 25.6 Å². The largest absolute Gasteiger partial charge is 0.299 e. The average molecular weight is 366 g/mol. The van der Waals surface area contributed by atoms with Gasteiger partial charge in [-0.15, -0.1) is 0 Å². The van der Waals surface area contributed by atoms with Crippen LogP contribution in [-0.2, 0) is 10.0 Å². The van der Waals surface area contributed by atoms with E-state index in [9.17, 15) is 8.42 Å². The van der Waals surface area contributed by atoms with Crippen molar-refractivity contribution in [3.05, 3.63) is 53.3 Å². The number of nitrogens with zero attached hydrogens (tertiary/aromatic N) is 2.